The van der Waals surface area contributed by atoms with Gasteiger partial charge in [0.15, 0.2) is 0 Å². The van der Waals surface area contributed by atoms with Crippen LogP contribution in [0.4, 0.5) is 0 Å². The van der Waals surface area contributed by atoms with Crippen molar-refractivity contribution in [3.8, 4) is 11.3 Å². The maximum Gasteiger partial charge on any atom is 0.138 e. The van der Waals surface area contributed by atoms with Crippen molar-refractivity contribution in [2.75, 3.05) is 6.26 Å². The molecule has 0 saturated heterocycles. The van der Waals surface area contributed by atoms with Gasteiger partial charge in [-0.2, -0.15) is 0 Å². The van der Waals surface area contributed by atoms with Gasteiger partial charge in [0.25, 0.3) is 0 Å². The second-order valence-electron chi connectivity index (χ2n) is 5.37. The number of nitrogens with zero attached hydrogens (tertiary/aromatic N) is 2. The van der Waals surface area contributed by atoms with E-state index in [1.807, 2.05) is 18.2 Å². The first-order valence-corrected chi connectivity index (χ1v) is 10.1. The molecule has 3 aromatic heterocycles. The number of rotatable bonds is 4. The average Bonchev–Trinajstić information content (AvgIpc) is 3.02. The molecule has 0 unspecified atom stereocenters. The minimum Gasteiger partial charge on any atom is -0.338 e. The van der Waals surface area contributed by atoms with Crippen molar-refractivity contribution < 1.29 is 0 Å². The van der Waals surface area contributed by atoms with E-state index in [2.05, 4.69) is 51.5 Å². The summed E-state index contributed by atoms with van der Waals surface area (Å²) in [6.07, 6.45) is 5.55. The molecule has 0 spiro atoms. The van der Waals surface area contributed by atoms with Crippen LogP contribution in [-0.2, 0) is 0 Å². The van der Waals surface area contributed by atoms with Crippen LogP contribution in [0.1, 0.15) is 0 Å². The molecule has 4 rings (SSSR count). The van der Waals surface area contributed by atoms with Crippen molar-refractivity contribution in [2.24, 2.45) is 0 Å². The first-order chi connectivity index (χ1) is 12.2. The lowest BCUT2D eigenvalue weighted by Gasteiger charge is -2.06. The van der Waals surface area contributed by atoms with Gasteiger partial charge in [-0.05, 0) is 48.2 Å². The fraction of sp³-hybridized carbons (Fsp3) is 0.0526. The van der Waals surface area contributed by atoms with Crippen LogP contribution in [0.5, 0.6) is 0 Å². The lowest BCUT2D eigenvalue weighted by atomic mass is 10.1. The largest absolute Gasteiger partial charge is 0.338 e. The van der Waals surface area contributed by atoms with Crippen LogP contribution in [0.2, 0.25) is 5.02 Å². The van der Waals surface area contributed by atoms with Gasteiger partial charge in [0.1, 0.15) is 10.7 Å². The summed E-state index contributed by atoms with van der Waals surface area (Å²) in [4.78, 5) is 14.7. The van der Waals surface area contributed by atoms with E-state index >= 15 is 0 Å². The van der Waals surface area contributed by atoms with Crippen LogP contribution < -0.4 is 0 Å². The third-order valence-electron chi connectivity index (χ3n) is 3.81. The molecule has 3 heterocycles. The van der Waals surface area contributed by atoms with Gasteiger partial charge in [-0.15, -0.1) is 11.8 Å². The summed E-state index contributed by atoms with van der Waals surface area (Å²) in [7, 11) is 0. The summed E-state index contributed by atoms with van der Waals surface area (Å²) < 4.78 is 0. The van der Waals surface area contributed by atoms with Gasteiger partial charge >= 0.3 is 0 Å². The molecular formula is C19H14ClN3S2. The van der Waals surface area contributed by atoms with Crippen LogP contribution in [0.15, 0.2) is 75.7 Å². The predicted octanol–water partition coefficient (Wildman–Crippen LogP) is 6.15. The summed E-state index contributed by atoms with van der Waals surface area (Å²) in [5, 5.41) is 2.63. The lowest BCUT2D eigenvalue weighted by Crippen LogP contribution is -1.83. The molecule has 0 aliphatic rings. The summed E-state index contributed by atoms with van der Waals surface area (Å²) in [6.45, 7) is 0. The predicted molar refractivity (Wildman–Crippen MR) is 107 cm³/mol. The molecule has 25 heavy (non-hydrogen) atoms. The number of hydrogen-bond donors (Lipinski definition) is 1. The molecule has 0 aliphatic carbocycles. The van der Waals surface area contributed by atoms with Gasteiger partial charge in [-0.3, -0.25) is 0 Å². The molecule has 0 saturated carbocycles. The Labute approximate surface area is 159 Å². The standard InChI is InChI=1S/C19H14ClN3S2/c1-24-14-7-4-12(5-8-14)17-18(15-3-2-10-21-19(15)23-17)25-16-9-6-13(20)11-22-16/h2-11H,1H3,(H,21,23). The Balaban J connectivity index is 1.83. The number of benzene rings is 1. The first-order valence-electron chi connectivity index (χ1n) is 7.65. The van der Waals surface area contributed by atoms with E-state index in [1.54, 1.807) is 35.9 Å². The van der Waals surface area contributed by atoms with E-state index in [0.717, 1.165) is 32.2 Å². The highest BCUT2D eigenvalue weighted by atomic mass is 35.5. The molecule has 1 aromatic carbocycles. The molecule has 0 amide bonds. The van der Waals surface area contributed by atoms with E-state index < -0.39 is 0 Å². The fourth-order valence-electron chi connectivity index (χ4n) is 2.59. The maximum absolute atomic E-state index is 5.95. The number of aromatic amines is 1. The van der Waals surface area contributed by atoms with Gasteiger partial charge in [-0.25, -0.2) is 9.97 Å². The third kappa shape index (κ3) is 3.40. The Kier molecular flexibility index (Phi) is 4.70. The molecule has 0 atom stereocenters. The smallest absolute Gasteiger partial charge is 0.138 e. The lowest BCUT2D eigenvalue weighted by molar-refractivity contribution is 1.13. The fourth-order valence-corrected chi connectivity index (χ4v) is 4.11. The zero-order valence-electron chi connectivity index (χ0n) is 13.4. The van der Waals surface area contributed by atoms with Crippen molar-refractivity contribution in [2.45, 2.75) is 14.8 Å². The van der Waals surface area contributed by atoms with E-state index in [4.69, 9.17) is 11.6 Å². The minimum absolute atomic E-state index is 0.637. The highest BCUT2D eigenvalue weighted by Crippen LogP contribution is 2.40. The van der Waals surface area contributed by atoms with Crippen LogP contribution in [0.25, 0.3) is 22.3 Å². The van der Waals surface area contributed by atoms with Gasteiger partial charge in [0.05, 0.1) is 10.7 Å². The van der Waals surface area contributed by atoms with Gasteiger partial charge in [0, 0.05) is 27.6 Å². The normalized spacial score (nSPS) is 11.1. The Bertz CT molecular complexity index is 1010. The SMILES string of the molecule is CSc1ccc(-c2[nH]c3ncccc3c2Sc2ccc(Cl)cn2)cc1. The number of aromatic nitrogens is 3. The highest BCUT2D eigenvalue weighted by Gasteiger charge is 2.15. The quantitative estimate of drug-likeness (QED) is 0.429. The molecule has 0 aliphatic heterocycles. The number of nitrogens with one attached hydrogen (secondary N) is 1. The molecule has 3 nitrogen and oxygen atoms in total. The first kappa shape index (κ1) is 16.5. The van der Waals surface area contributed by atoms with Gasteiger partial charge in [0.2, 0.25) is 0 Å². The molecule has 6 heteroatoms. The monoisotopic (exact) mass is 383 g/mol. The van der Waals surface area contributed by atoms with Crippen LogP contribution in [-0.4, -0.2) is 21.2 Å². The number of pyridine rings is 2. The maximum atomic E-state index is 5.95. The summed E-state index contributed by atoms with van der Waals surface area (Å²) in [5.74, 6) is 0. The topological polar surface area (TPSA) is 41.6 Å². The van der Waals surface area contributed by atoms with Crippen molar-refractivity contribution in [3.63, 3.8) is 0 Å². The van der Waals surface area contributed by atoms with Crippen molar-refractivity contribution in [1.29, 1.82) is 0 Å². The van der Waals surface area contributed by atoms with E-state index in [1.165, 1.54) is 4.90 Å². The van der Waals surface area contributed by atoms with E-state index in [-0.39, 0.29) is 0 Å². The van der Waals surface area contributed by atoms with Crippen molar-refractivity contribution in [1.82, 2.24) is 15.0 Å². The summed E-state index contributed by atoms with van der Waals surface area (Å²) in [6, 6.07) is 16.4. The van der Waals surface area contributed by atoms with Gasteiger partial charge < -0.3 is 4.98 Å². The second kappa shape index (κ2) is 7.12. The average molecular weight is 384 g/mol. The highest BCUT2D eigenvalue weighted by molar-refractivity contribution is 7.99. The Morgan fingerprint density at radius 2 is 1.84 bits per heavy atom. The number of H-pyrrole nitrogens is 1. The van der Waals surface area contributed by atoms with E-state index in [9.17, 15) is 0 Å². The van der Waals surface area contributed by atoms with Crippen molar-refractivity contribution in [3.05, 3.63) is 65.9 Å². The zero-order chi connectivity index (χ0) is 17.2. The molecule has 124 valence electrons. The van der Waals surface area contributed by atoms with Crippen LogP contribution >= 0.6 is 35.1 Å². The molecule has 4 aromatic rings. The molecule has 0 radical (unpaired) electrons. The number of thioether (sulfide) groups is 1. The molecule has 0 bridgehead atoms. The number of fused-ring (bicyclic) bond motifs is 1. The number of hydrogen-bond acceptors (Lipinski definition) is 4. The van der Waals surface area contributed by atoms with Crippen molar-refractivity contribution >= 4 is 46.2 Å². The second-order valence-corrected chi connectivity index (χ2v) is 7.72. The summed E-state index contributed by atoms with van der Waals surface area (Å²) >= 11 is 9.31. The third-order valence-corrected chi connectivity index (χ3v) is 5.85. The molecular weight excluding hydrogens is 370 g/mol. The zero-order valence-corrected chi connectivity index (χ0v) is 15.8. The molecule has 0 fully saturated rings. The summed E-state index contributed by atoms with van der Waals surface area (Å²) in [5.41, 5.74) is 3.07. The number of halogens is 1. The van der Waals surface area contributed by atoms with Crippen LogP contribution in [0.3, 0.4) is 0 Å². The van der Waals surface area contributed by atoms with Gasteiger partial charge in [-0.1, -0.05) is 35.5 Å². The molecule has 1 N–H and O–H groups in total. The minimum atomic E-state index is 0.637. The Hall–Kier alpha value is -1.95. The van der Waals surface area contributed by atoms with Crippen LogP contribution in [0, 0.1) is 0 Å². The Morgan fingerprint density at radius 1 is 1.00 bits per heavy atom. The Morgan fingerprint density at radius 3 is 2.56 bits per heavy atom. The van der Waals surface area contributed by atoms with E-state index in [0.29, 0.717) is 5.02 Å².